The first-order valence-corrected chi connectivity index (χ1v) is 7.88. The van der Waals surface area contributed by atoms with Crippen molar-refractivity contribution >= 4 is 17.5 Å². The lowest BCUT2D eigenvalue weighted by Gasteiger charge is -2.51. The summed E-state index contributed by atoms with van der Waals surface area (Å²) in [4.78, 5) is 32.1. The zero-order valence-corrected chi connectivity index (χ0v) is 13.2. The molecule has 1 aliphatic carbocycles. The second kappa shape index (κ2) is 5.32. The second-order valence-corrected chi connectivity index (χ2v) is 6.52. The zero-order chi connectivity index (χ0) is 17.9. The zero-order valence-electron chi connectivity index (χ0n) is 13.2. The van der Waals surface area contributed by atoms with E-state index in [0.29, 0.717) is 0 Å². The van der Waals surface area contributed by atoms with Gasteiger partial charge >= 0.3 is 6.18 Å². The van der Waals surface area contributed by atoms with Crippen molar-refractivity contribution in [3.8, 4) is 0 Å². The number of hydroxylamine groups is 1. The van der Waals surface area contributed by atoms with Crippen LogP contribution < -0.4 is 5.06 Å². The molecule has 2 unspecified atom stereocenters. The molecule has 3 heterocycles. The van der Waals surface area contributed by atoms with Crippen LogP contribution in [0, 0.1) is 17.8 Å². The van der Waals surface area contributed by atoms with Crippen molar-refractivity contribution in [3.63, 3.8) is 0 Å². The van der Waals surface area contributed by atoms with Gasteiger partial charge < -0.3 is 4.90 Å². The number of carbonyl (C=O) groups is 2. The Hall–Kier alpha value is -2.35. The lowest BCUT2D eigenvalue weighted by molar-refractivity contribution is -0.162. The van der Waals surface area contributed by atoms with Gasteiger partial charge in [0.05, 0.1) is 35.7 Å². The molecule has 8 heteroatoms. The quantitative estimate of drug-likeness (QED) is 0.729. The molecule has 0 saturated carbocycles. The average molecular weight is 352 g/mol. The summed E-state index contributed by atoms with van der Waals surface area (Å²) in [6.45, 7) is 0.109. The first kappa shape index (κ1) is 16.1. The van der Waals surface area contributed by atoms with E-state index in [1.54, 1.807) is 13.1 Å². The third-order valence-corrected chi connectivity index (χ3v) is 5.18. The van der Waals surface area contributed by atoms with Crippen molar-refractivity contribution in [2.24, 2.45) is 17.8 Å². The Labute approximate surface area is 141 Å². The maximum absolute atomic E-state index is 12.9. The number of rotatable bonds is 1. The minimum Gasteiger partial charge on any atom is -0.338 e. The van der Waals surface area contributed by atoms with Crippen molar-refractivity contribution < 1.29 is 27.6 Å². The predicted molar refractivity (Wildman–Crippen MR) is 81.1 cm³/mol. The van der Waals surface area contributed by atoms with Gasteiger partial charge in [0.1, 0.15) is 0 Å². The highest BCUT2D eigenvalue weighted by Gasteiger charge is 2.55. The summed E-state index contributed by atoms with van der Waals surface area (Å²) in [5.41, 5.74) is -0.807. The minimum atomic E-state index is -4.50. The van der Waals surface area contributed by atoms with Crippen LogP contribution in [-0.2, 0) is 20.6 Å². The molecule has 2 saturated heterocycles. The summed E-state index contributed by atoms with van der Waals surface area (Å²) in [6, 6.07) is 4.08. The molecule has 132 valence electrons. The van der Waals surface area contributed by atoms with Crippen LogP contribution in [0.2, 0.25) is 0 Å². The monoisotopic (exact) mass is 352 g/mol. The lowest BCUT2D eigenvalue weighted by atomic mass is 9.68. The van der Waals surface area contributed by atoms with E-state index in [9.17, 15) is 22.8 Å². The predicted octanol–water partition coefficient (Wildman–Crippen LogP) is 2.24. The number of carbonyl (C=O) groups excluding carboxylic acids is 2. The van der Waals surface area contributed by atoms with Gasteiger partial charge in [0, 0.05) is 13.0 Å². The molecule has 1 aromatic carbocycles. The first-order chi connectivity index (χ1) is 11.8. The number of hydrogen-bond donors (Lipinski definition) is 0. The number of nitrogens with zero attached hydrogens (tertiary/aromatic N) is 2. The fraction of sp³-hybridized carbons (Fsp3) is 0.412. The standard InChI is InChI=1S/C17H15F3N2O3/c1-21-13-6-5-11(15(21)23)12-8-25-22(16(24)14(12)13)10-4-2-3-9(7-10)17(18,19)20/h2-7,11-14H,8H2,1H3/t11?,12-,13?,14-/m0/s1. The smallest absolute Gasteiger partial charge is 0.338 e. The highest BCUT2D eigenvalue weighted by atomic mass is 19.4. The van der Waals surface area contributed by atoms with E-state index in [4.69, 9.17) is 4.84 Å². The van der Waals surface area contributed by atoms with E-state index >= 15 is 0 Å². The van der Waals surface area contributed by atoms with E-state index in [1.165, 1.54) is 17.0 Å². The number of halogens is 3. The number of amides is 2. The molecule has 2 amide bonds. The van der Waals surface area contributed by atoms with Crippen LogP contribution >= 0.6 is 0 Å². The largest absolute Gasteiger partial charge is 0.416 e. The van der Waals surface area contributed by atoms with Crippen molar-refractivity contribution in [3.05, 3.63) is 42.0 Å². The Morgan fingerprint density at radius 1 is 1.16 bits per heavy atom. The van der Waals surface area contributed by atoms with Gasteiger partial charge in [0.15, 0.2) is 0 Å². The number of alkyl halides is 3. The third kappa shape index (κ3) is 2.35. The molecule has 4 atom stereocenters. The minimum absolute atomic E-state index is 0.0395. The Morgan fingerprint density at radius 3 is 2.64 bits per heavy atom. The molecule has 5 nitrogen and oxygen atoms in total. The first-order valence-electron chi connectivity index (χ1n) is 7.88. The van der Waals surface area contributed by atoms with Crippen molar-refractivity contribution in [2.45, 2.75) is 12.2 Å². The van der Waals surface area contributed by atoms with Crippen LogP contribution in [0.15, 0.2) is 36.4 Å². The van der Waals surface area contributed by atoms with Crippen LogP contribution in [-0.4, -0.2) is 36.4 Å². The van der Waals surface area contributed by atoms with Crippen molar-refractivity contribution in [2.75, 3.05) is 18.7 Å². The van der Waals surface area contributed by atoms with Crippen LogP contribution in [0.4, 0.5) is 18.9 Å². The van der Waals surface area contributed by atoms with E-state index in [1.807, 2.05) is 6.08 Å². The van der Waals surface area contributed by atoms with Gasteiger partial charge in [-0.15, -0.1) is 0 Å². The highest BCUT2D eigenvalue weighted by Crippen LogP contribution is 2.44. The fourth-order valence-electron chi connectivity index (χ4n) is 3.90. The van der Waals surface area contributed by atoms with Crippen molar-refractivity contribution in [1.29, 1.82) is 0 Å². The van der Waals surface area contributed by atoms with Gasteiger partial charge in [-0.3, -0.25) is 14.4 Å². The van der Waals surface area contributed by atoms with E-state index in [0.717, 1.165) is 17.2 Å². The summed E-state index contributed by atoms with van der Waals surface area (Å²) >= 11 is 0. The highest BCUT2D eigenvalue weighted by molar-refractivity contribution is 5.97. The van der Waals surface area contributed by atoms with Gasteiger partial charge in [-0.1, -0.05) is 18.2 Å². The fourth-order valence-corrected chi connectivity index (χ4v) is 3.90. The Morgan fingerprint density at radius 2 is 1.92 bits per heavy atom. The molecule has 5 rings (SSSR count). The number of hydrogen-bond acceptors (Lipinski definition) is 3. The Kier molecular flexibility index (Phi) is 3.44. The number of likely N-dealkylation sites (N-methyl/N-ethyl adjacent to an activating group) is 1. The molecular weight excluding hydrogens is 337 g/mol. The van der Waals surface area contributed by atoms with Gasteiger partial charge in [-0.25, -0.2) is 0 Å². The third-order valence-electron chi connectivity index (χ3n) is 5.18. The molecule has 0 aromatic heterocycles. The Balaban J connectivity index is 1.67. The van der Waals surface area contributed by atoms with Crippen LogP contribution in [0.1, 0.15) is 5.56 Å². The summed E-state index contributed by atoms with van der Waals surface area (Å²) < 4.78 is 38.8. The summed E-state index contributed by atoms with van der Waals surface area (Å²) in [6.07, 6.45) is -0.887. The summed E-state index contributed by atoms with van der Waals surface area (Å²) in [5, 5.41) is 0.934. The maximum Gasteiger partial charge on any atom is 0.416 e. The van der Waals surface area contributed by atoms with E-state index in [-0.39, 0.29) is 24.1 Å². The topological polar surface area (TPSA) is 49.9 Å². The van der Waals surface area contributed by atoms with Crippen molar-refractivity contribution in [1.82, 2.24) is 4.90 Å². The Bertz CT molecular complexity index is 777. The normalized spacial score (nSPS) is 31.5. The molecule has 0 N–H and O–H groups in total. The maximum atomic E-state index is 12.9. The SMILES string of the molecule is CN1C(=O)C2C=CC1[C@H]1C(=O)N(c3cccc(C(F)(F)F)c3)OC[C@@H]21. The average Bonchev–Trinajstić information content (AvgIpc) is 2.58. The molecular formula is C17H15F3N2O3. The lowest BCUT2D eigenvalue weighted by Crippen LogP contribution is -2.64. The molecule has 0 spiro atoms. The molecule has 0 radical (unpaired) electrons. The van der Waals surface area contributed by atoms with E-state index in [2.05, 4.69) is 0 Å². The van der Waals surface area contributed by atoms with Gasteiger partial charge in [-0.05, 0) is 18.2 Å². The number of benzene rings is 1. The molecule has 1 aromatic rings. The van der Waals surface area contributed by atoms with Gasteiger partial charge in [0.25, 0.3) is 5.91 Å². The number of anilines is 1. The summed E-state index contributed by atoms with van der Waals surface area (Å²) in [5.74, 6) is -1.70. The number of fused-ring (bicyclic) bond motifs is 1. The molecule has 2 bridgehead atoms. The van der Waals surface area contributed by atoms with Gasteiger partial charge in [-0.2, -0.15) is 18.2 Å². The van der Waals surface area contributed by atoms with Crippen LogP contribution in [0.25, 0.3) is 0 Å². The second-order valence-electron chi connectivity index (χ2n) is 6.52. The summed E-state index contributed by atoms with van der Waals surface area (Å²) in [7, 11) is 1.64. The number of piperidine rings is 1. The molecule has 25 heavy (non-hydrogen) atoms. The molecule has 3 aliphatic heterocycles. The van der Waals surface area contributed by atoms with Crippen LogP contribution in [0.3, 0.4) is 0 Å². The van der Waals surface area contributed by atoms with E-state index < -0.39 is 35.5 Å². The van der Waals surface area contributed by atoms with Gasteiger partial charge in [0.2, 0.25) is 5.91 Å². The molecule has 4 aliphatic rings. The molecule has 2 fully saturated rings. The van der Waals surface area contributed by atoms with Crippen LogP contribution in [0.5, 0.6) is 0 Å².